The van der Waals surface area contributed by atoms with Gasteiger partial charge in [-0.05, 0) is 39.5 Å². The molecular formula is C16H22N4OS. The van der Waals surface area contributed by atoms with Crippen molar-refractivity contribution in [1.82, 2.24) is 15.0 Å². The van der Waals surface area contributed by atoms with E-state index < -0.39 is 0 Å². The van der Waals surface area contributed by atoms with Crippen molar-refractivity contribution in [3.63, 3.8) is 0 Å². The van der Waals surface area contributed by atoms with Crippen LogP contribution >= 0.6 is 11.3 Å². The number of nitrogens with one attached hydrogen (secondary N) is 1. The Bertz CT molecular complexity index is 656. The minimum Gasteiger partial charge on any atom is -0.375 e. The molecule has 6 heteroatoms. The Morgan fingerprint density at radius 2 is 2.09 bits per heavy atom. The third kappa shape index (κ3) is 3.28. The second-order valence-corrected chi connectivity index (χ2v) is 6.55. The van der Waals surface area contributed by atoms with Crippen LogP contribution in [0.1, 0.15) is 53.7 Å². The van der Waals surface area contributed by atoms with Gasteiger partial charge in [0.25, 0.3) is 0 Å². The Balaban J connectivity index is 1.74. The molecule has 1 unspecified atom stereocenters. The Kier molecular flexibility index (Phi) is 4.69. The first kappa shape index (κ1) is 15.4. The summed E-state index contributed by atoms with van der Waals surface area (Å²) in [7, 11) is 1.71. The Morgan fingerprint density at radius 1 is 1.27 bits per heavy atom. The second kappa shape index (κ2) is 6.71. The summed E-state index contributed by atoms with van der Waals surface area (Å²) in [6.07, 6.45) is 4.64. The SMILES string of the molecule is COC(C)c1nc(CNc2nc(C)nc3c2CCCC3)cs1. The van der Waals surface area contributed by atoms with Crippen molar-refractivity contribution in [2.24, 2.45) is 0 Å². The minimum absolute atomic E-state index is 0.0489. The molecule has 1 aliphatic rings. The quantitative estimate of drug-likeness (QED) is 0.915. The number of anilines is 1. The molecule has 0 spiro atoms. The molecule has 0 saturated heterocycles. The van der Waals surface area contributed by atoms with Crippen molar-refractivity contribution in [3.8, 4) is 0 Å². The Labute approximate surface area is 135 Å². The van der Waals surface area contributed by atoms with E-state index in [0.29, 0.717) is 6.54 Å². The zero-order valence-electron chi connectivity index (χ0n) is 13.3. The van der Waals surface area contributed by atoms with Gasteiger partial charge < -0.3 is 10.1 Å². The van der Waals surface area contributed by atoms with Crippen LogP contribution in [-0.4, -0.2) is 22.1 Å². The van der Waals surface area contributed by atoms with E-state index in [4.69, 9.17) is 4.74 Å². The van der Waals surface area contributed by atoms with E-state index in [9.17, 15) is 0 Å². The molecule has 0 aromatic carbocycles. The molecule has 5 nitrogen and oxygen atoms in total. The van der Waals surface area contributed by atoms with E-state index in [1.54, 1.807) is 18.4 Å². The van der Waals surface area contributed by atoms with Crippen LogP contribution in [0.2, 0.25) is 0 Å². The number of methoxy groups -OCH3 is 1. The molecule has 2 aromatic heterocycles. The number of hydrogen-bond donors (Lipinski definition) is 1. The molecule has 0 amide bonds. The standard InChI is InChI=1S/C16H22N4OS/c1-10(21-3)16-20-12(9-22-16)8-17-15-13-6-4-5-7-14(13)18-11(2)19-15/h9-10H,4-8H2,1-3H3,(H,17,18,19). The monoisotopic (exact) mass is 318 g/mol. The van der Waals surface area contributed by atoms with Gasteiger partial charge in [-0.2, -0.15) is 0 Å². The maximum Gasteiger partial charge on any atom is 0.133 e. The van der Waals surface area contributed by atoms with Gasteiger partial charge in [-0.1, -0.05) is 0 Å². The molecule has 22 heavy (non-hydrogen) atoms. The van der Waals surface area contributed by atoms with Gasteiger partial charge in [0, 0.05) is 23.7 Å². The van der Waals surface area contributed by atoms with Crippen LogP contribution in [0.15, 0.2) is 5.38 Å². The molecule has 2 heterocycles. The molecule has 1 atom stereocenters. The molecule has 0 radical (unpaired) electrons. The molecule has 3 rings (SSSR count). The summed E-state index contributed by atoms with van der Waals surface area (Å²) in [5.74, 6) is 1.83. The molecule has 0 bridgehead atoms. The molecule has 0 saturated carbocycles. The van der Waals surface area contributed by atoms with E-state index in [0.717, 1.165) is 35.2 Å². The summed E-state index contributed by atoms with van der Waals surface area (Å²) in [5, 5.41) is 6.55. The second-order valence-electron chi connectivity index (χ2n) is 5.66. The zero-order chi connectivity index (χ0) is 15.5. The van der Waals surface area contributed by atoms with Crippen LogP contribution < -0.4 is 5.32 Å². The number of rotatable bonds is 5. The van der Waals surface area contributed by atoms with Crippen LogP contribution in [0.4, 0.5) is 5.82 Å². The summed E-state index contributed by atoms with van der Waals surface area (Å²) >= 11 is 1.64. The van der Waals surface area contributed by atoms with Crippen LogP contribution in [-0.2, 0) is 24.1 Å². The third-order valence-electron chi connectivity index (χ3n) is 4.00. The summed E-state index contributed by atoms with van der Waals surface area (Å²) in [6.45, 7) is 4.66. The topological polar surface area (TPSA) is 59.9 Å². The normalized spacial score (nSPS) is 15.4. The fourth-order valence-electron chi connectivity index (χ4n) is 2.73. The van der Waals surface area contributed by atoms with Gasteiger partial charge in [-0.25, -0.2) is 15.0 Å². The van der Waals surface area contributed by atoms with E-state index in [2.05, 4.69) is 25.6 Å². The molecule has 1 N–H and O–H groups in total. The fourth-order valence-corrected chi connectivity index (χ4v) is 3.58. The molecule has 2 aromatic rings. The van der Waals surface area contributed by atoms with Gasteiger partial charge in [0.2, 0.25) is 0 Å². The van der Waals surface area contributed by atoms with Crippen molar-refractivity contribution in [3.05, 3.63) is 33.2 Å². The predicted octanol–water partition coefficient (Wildman–Crippen LogP) is 3.44. The number of ether oxygens (including phenoxy) is 1. The van der Waals surface area contributed by atoms with E-state index in [-0.39, 0.29) is 6.10 Å². The van der Waals surface area contributed by atoms with Crippen molar-refractivity contribution >= 4 is 17.2 Å². The molecule has 1 aliphatic carbocycles. The number of nitrogens with zero attached hydrogens (tertiary/aromatic N) is 3. The van der Waals surface area contributed by atoms with Gasteiger partial charge in [0.05, 0.1) is 12.2 Å². The summed E-state index contributed by atoms with van der Waals surface area (Å²) in [6, 6.07) is 0. The van der Waals surface area contributed by atoms with Crippen molar-refractivity contribution in [1.29, 1.82) is 0 Å². The van der Waals surface area contributed by atoms with Crippen LogP contribution in [0.5, 0.6) is 0 Å². The summed E-state index contributed by atoms with van der Waals surface area (Å²) in [4.78, 5) is 13.8. The lowest BCUT2D eigenvalue weighted by molar-refractivity contribution is 0.119. The van der Waals surface area contributed by atoms with Gasteiger partial charge in [-0.3, -0.25) is 0 Å². The highest BCUT2D eigenvalue weighted by Gasteiger charge is 2.17. The number of aryl methyl sites for hydroxylation is 2. The van der Waals surface area contributed by atoms with Crippen LogP contribution in [0.3, 0.4) is 0 Å². The van der Waals surface area contributed by atoms with Crippen molar-refractivity contribution in [2.75, 3.05) is 12.4 Å². The first-order chi connectivity index (χ1) is 10.7. The number of fused-ring (bicyclic) bond motifs is 1. The molecular weight excluding hydrogens is 296 g/mol. The third-order valence-corrected chi connectivity index (χ3v) is 5.06. The lowest BCUT2D eigenvalue weighted by atomic mass is 9.96. The van der Waals surface area contributed by atoms with E-state index >= 15 is 0 Å². The fraction of sp³-hybridized carbons (Fsp3) is 0.562. The lowest BCUT2D eigenvalue weighted by Gasteiger charge is -2.19. The Hall–Kier alpha value is -1.53. The first-order valence-corrected chi connectivity index (χ1v) is 8.62. The molecule has 0 fully saturated rings. The smallest absolute Gasteiger partial charge is 0.133 e. The van der Waals surface area contributed by atoms with Gasteiger partial charge >= 0.3 is 0 Å². The molecule has 0 aliphatic heterocycles. The van der Waals surface area contributed by atoms with E-state index in [1.807, 2.05) is 13.8 Å². The van der Waals surface area contributed by atoms with Gasteiger partial charge in [-0.15, -0.1) is 11.3 Å². The average Bonchev–Trinajstić information content (AvgIpc) is 3.00. The maximum atomic E-state index is 5.31. The van der Waals surface area contributed by atoms with E-state index in [1.165, 1.54) is 24.1 Å². The average molecular weight is 318 g/mol. The molecule has 118 valence electrons. The van der Waals surface area contributed by atoms with Gasteiger partial charge in [0.15, 0.2) is 0 Å². The summed E-state index contributed by atoms with van der Waals surface area (Å²) in [5.41, 5.74) is 3.54. The number of aromatic nitrogens is 3. The Morgan fingerprint density at radius 3 is 2.91 bits per heavy atom. The highest BCUT2D eigenvalue weighted by molar-refractivity contribution is 7.09. The van der Waals surface area contributed by atoms with Crippen LogP contribution in [0.25, 0.3) is 0 Å². The largest absolute Gasteiger partial charge is 0.375 e. The predicted molar refractivity (Wildman–Crippen MR) is 88.3 cm³/mol. The summed E-state index contributed by atoms with van der Waals surface area (Å²) < 4.78 is 5.31. The highest BCUT2D eigenvalue weighted by Crippen LogP contribution is 2.26. The maximum absolute atomic E-state index is 5.31. The van der Waals surface area contributed by atoms with Crippen LogP contribution in [0, 0.1) is 6.92 Å². The van der Waals surface area contributed by atoms with Gasteiger partial charge in [0.1, 0.15) is 22.8 Å². The first-order valence-electron chi connectivity index (χ1n) is 7.74. The number of hydrogen-bond acceptors (Lipinski definition) is 6. The van der Waals surface area contributed by atoms with Crippen molar-refractivity contribution < 1.29 is 4.74 Å². The zero-order valence-corrected chi connectivity index (χ0v) is 14.2. The lowest BCUT2D eigenvalue weighted by Crippen LogP contribution is -2.14. The number of thiazole rings is 1. The minimum atomic E-state index is 0.0489. The highest BCUT2D eigenvalue weighted by atomic mass is 32.1. The van der Waals surface area contributed by atoms with Crippen molar-refractivity contribution in [2.45, 2.75) is 52.2 Å².